The maximum absolute atomic E-state index is 5.85. The summed E-state index contributed by atoms with van der Waals surface area (Å²) in [4.78, 5) is 9.12. The van der Waals surface area contributed by atoms with Crippen LogP contribution in [0.5, 0.6) is 0 Å². The van der Waals surface area contributed by atoms with E-state index >= 15 is 0 Å². The number of hydrogen-bond acceptors (Lipinski definition) is 3. The molecule has 0 aliphatic heterocycles. The summed E-state index contributed by atoms with van der Waals surface area (Å²) < 4.78 is 5.85. The van der Waals surface area contributed by atoms with Gasteiger partial charge in [0.05, 0.1) is 13.7 Å². The van der Waals surface area contributed by atoms with Gasteiger partial charge < -0.3 is 14.4 Å². The molecule has 0 aliphatic carbocycles. The van der Waals surface area contributed by atoms with Crippen LogP contribution in [0.2, 0.25) is 19.6 Å². The number of aromatic nitrogens is 2. The van der Waals surface area contributed by atoms with Crippen molar-refractivity contribution in [2.24, 2.45) is 0 Å². The molecule has 3 aromatic heterocycles. The zero-order valence-electron chi connectivity index (χ0n) is 27.0. The van der Waals surface area contributed by atoms with Gasteiger partial charge in [0.25, 0.3) is 0 Å². The Labute approximate surface area is 287 Å². The standard InChI is InChI=1S/C21H22NSi.C20H16NO.Ir/c1-23(2,3)19-13-14-22-21(16-19)20-12-8-7-11-18(20)15-17-9-5-4-6-10-17;1-13(2)14-9-10-21-18(12-14)15-7-8-20-17(11-15)16-5-3-4-6-19(16)22-20;/h4-11,13-14,16H,15H2,1-3H3;3-6,8-13H,1-2H3;/q2*-1;. The van der Waals surface area contributed by atoms with Crippen molar-refractivity contribution in [3.63, 3.8) is 0 Å². The van der Waals surface area contributed by atoms with Gasteiger partial charge in [-0.1, -0.05) is 116 Å². The first-order valence-electron chi connectivity index (χ1n) is 15.6. The van der Waals surface area contributed by atoms with Gasteiger partial charge >= 0.3 is 0 Å². The maximum Gasteiger partial charge on any atom is 0.120 e. The fourth-order valence-electron chi connectivity index (χ4n) is 5.48. The van der Waals surface area contributed by atoms with Crippen molar-refractivity contribution in [1.29, 1.82) is 0 Å². The maximum atomic E-state index is 5.85. The van der Waals surface area contributed by atoms with Crippen LogP contribution in [-0.2, 0) is 26.5 Å². The van der Waals surface area contributed by atoms with Gasteiger partial charge in [0.1, 0.15) is 5.58 Å². The molecule has 0 spiro atoms. The summed E-state index contributed by atoms with van der Waals surface area (Å²) in [6, 6.07) is 44.3. The molecule has 0 unspecified atom stereocenters. The Morgan fingerprint density at radius 1 is 0.717 bits per heavy atom. The number of benzene rings is 4. The molecule has 0 bridgehead atoms. The van der Waals surface area contributed by atoms with Crippen molar-refractivity contribution in [2.75, 3.05) is 0 Å². The average molecular weight is 795 g/mol. The van der Waals surface area contributed by atoms with E-state index in [1.54, 1.807) is 0 Å². The predicted molar refractivity (Wildman–Crippen MR) is 191 cm³/mol. The van der Waals surface area contributed by atoms with Crippen LogP contribution in [0.1, 0.15) is 36.5 Å². The molecule has 0 amide bonds. The first kappa shape index (κ1) is 33.2. The van der Waals surface area contributed by atoms with E-state index in [1.165, 1.54) is 21.9 Å². The van der Waals surface area contributed by atoms with Crippen molar-refractivity contribution in [3.8, 4) is 22.5 Å². The third-order valence-electron chi connectivity index (χ3n) is 8.10. The van der Waals surface area contributed by atoms with Crippen molar-refractivity contribution in [3.05, 3.63) is 150 Å². The van der Waals surface area contributed by atoms with E-state index in [1.807, 2.05) is 42.7 Å². The minimum absolute atomic E-state index is 0. The molecule has 1 radical (unpaired) electrons. The van der Waals surface area contributed by atoms with Crippen molar-refractivity contribution in [1.82, 2.24) is 9.97 Å². The first-order valence-corrected chi connectivity index (χ1v) is 19.1. The fourth-order valence-corrected chi connectivity index (χ4v) is 6.62. The Kier molecular flexibility index (Phi) is 10.5. The second kappa shape index (κ2) is 14.5. The zero-order valence-corrected chi connectivity index (χ0v) is 30.4. The van der Waals surface area contributed by atoms with Crippen LogP contribution in [0.4, 0.5) is 0 Å². The third-order valence-corrected chi connectivity index (χ3v) is 10.1. The van der Waals surface area contributed by atoms with E-state index in [2.05, 4.69) is 134 Å². The largest absolute Gasteiger partial charge is 0.500 e. The molecule has 4 aromatic carbocycles. The first-order chi connectivity index (χ1) is 21.8. The average Bonchev–Trinajstić information content (AvgIpc) is 3.44. The molecule has 7 rings (SSSR count). The Hall–Kier alpha value is -4.15. The molecule has 3 heterocycles. The van der Waals surface area contributed by atoms with Gasteiger partial charge in [-0.2, -0.15) is 0 Å². The van der Waals surface area contributed by atoms with Crippen LogP contribution in [0.3, 0.4) is 0 Å². The minimum atomic E-state index is -1.34. The van der Waals surface area contributed by atoms with E-state index in [4.69, 9.17) is 4.42 Å². The number of furan rings is 1. The molecule has 5 heteroatoms. The van der Waals surface area contributed by atoms with Crippen molar-refractivity contribution in [2.45, 2.75) is 45.8 Å². The second-order valence-corrected chi connectivity index (χ2v) is 17.8. The van der Waals surface area contributed by atoms with Gasteiger partial charge in [-0.3, -0.25) is 0 Å². The van der Waals surface area contributed by atoms with Gasteiger partial charge in [-0.05, 0) is 41.9 Å². The SMILES string of the molecule is CC(C)c1ccnc(-c2[c-]cc3oc4ccccc4c3c2)c1.C[Si](C)(C)c1ccnc(-c2[c-]cccc2Cc2ccccc2)c1.[Ir]. The van der Waals surface area contributed by atoms with Gasteiger partial charge in [0, 0.05) is 37.9 Å². The fraction of sp³-hybridized carbons (Fsp3) is 0.171. The molecule has 0 fully saturated rings. The molecule has 233 valence electrons. The molecular weight excluding hydrogens is 757 g/mol. The molecule has 7 aromatic rings. The minimum Gasteiger partial charge on any atom is -0.500 e. The number of nitrogens with zero attached hydrogens (tertiary/aromatic N) is 2. The van der Waals surface area contributed by atoms with Crippen molar-refractivity contribution < 1.29 is 24.5 Å². The Balaban J connectivity index is 0.000000177. The Morgan fingerprint density at radius 2 is 1.46 bits per heavy atom. The molecule has 46 heavy (non-hydrogen) atoms. The van der Waals surface area contributed by atoms with Gasteiger partial charge in [0.15, 0.2) is 0 Å². The monoisotopic (exact) mass is 795 g/mol. The van der Waals surface area contributed by atoms with E-state index in [9.17, 15) is 0 Å². The summed E-state index contributed by atoms with van der Waals surface area (Å²) in [6.07, 6.45) is 4.72. The number of fused-ring (bicyclic) bond motifs is 3. The molecule has 0 saturated carbocycles. The van der Waals surface area contributed by atoms with Crippen molar-refractivity contribution >= 4 is 35.2 Å². The van der Waals surface area contributed by atoms with Gasteiger partial charge in [-0.15, -0.1) is 59.2 Å². The van der Waals surface area contributed by atoms with E-state index < -0.39 is 8.07 Å². The molecule has 3 nitrogen and oxygen atoms in total. The topological polar surface area (TPSA) is 38.9 Å². The van der Waals surface area contributed by atoms with E-state index in [0.717, 1.165) is 50.9 Å². The third kappa shape index (κ3) is 7.62. The molecule has 0 atom stereocenters. The van der Waals surface area contributed by atoms with Gasteiger partial charge in [0.2, 0.25) is 0 Å². The molecule has 0 N–H and O–H groups in total. The van der Waals surface area contributed by atoms with Gasteiger partial charge in [-0.25, -0.2) is 0 Å². The van der Waals surface area contributed by atoms with E-state index in [-0.39, 0.29) is 20.1 Å². The van der Waals surface area contributed by atoms with Crippen LogP contribution < -0.4 is 5.19 Å². The Morgan fingerprint density at radius 3 is 2.24 bits per heavy atom. The predicted octanol–water partition coefficient (Wildman–Crippen LogP) is 10.3. The summed E-state index contributed by atoms with van der Waals surface area (Å²) in [5, 5.41) is 3.68. The number of hydrogen-bond donors (Lipinski definition) is 0. The summed E-state index contributed by atoms with van der Waals surface area (Å²) in [6.45, 7) is 11.5. The summed E-state index contributed by atoms with van der Waals surface area (Å²) in [5.41, 5.74) is 9.77. The second-order valence-electron chi connectivity index (χ2n) is 12.8. The summed E-state index contributed by atoms with van der Waals surface area (Å²) in [5.74, 6) is 0.486. The number of pyridine rings is 2. The number of para-hydroxylation sites is 1. The van der Waals surface area contributed by atoms with Crippen LogP contribution in [0.25, 0.3) is 44.5 Å². The smallest absolute Gasteiger partial charge is 0.120 e. The van der Waals surface area contributed by atoms with Crippen LogP contribution in [0, 0.1) is 12.1 Å². The Bertz CT molecular complexity index is 2060. The van der Waals surface area contributed by atoms with Crippen LogP contribution >= 0.6 is 0 Å². The quantitative estimate of drug-likeness (QED) is 0.124. The molecule has 0 aliphatic rings. The molecule has 0 saturated heterocycles. The van der Waals surface area contributed by atoms with Crippen LogP contribution in [0.15, 0.2) is 126 Å². The summed E-state index contributed by atoms with van der Waals surface area (Å²) >= 11 is 0. The molecular formula is C41H38IrN2OSi-2. The van der Waals surface area contributed by atoms with Crippen LogP contribution in [-0.4, -0.2) is 18.0 Å². The zero-order chi connectivity index (χ0) is 31.4. The number of rotatable bonds is 6. The van der Waals surface area contributed by atoms with E-state index in [0.29, 0.717) is 5.92 Å². The summed E-state index contributed by atoms with van der Waals surface area (Å²) in [7, 11) is -1.34. The normalized spacial score (nSPS) is 11.3.